The van der Waals surface area contributed by atoms with Gasteiger partial charge in [-0.25, -0.2) is 0 Å². The van der Waals surface area contributed by atoms with Crippen molar-refractivity contribution in [1.29, 1.82) is 0 Å². The first-order chi connectivity index (χ1) is 5.45. The Morgan fingerprint density at radius 3 is 1.91 bits per heavy atom. The van der Waals surface area contributed by atoms with Gasteiger partial charge in [-0.05, 0) is 11.8 Å². The van der Waals surface area contributed by atoms with Crippen molar-refractivity contribution in [1.82, 2.24) is 30.8 Å². The van der Waals surface area contributed by atoms with Crippen LogP contribution >= 0.6 is 11.8 Å². The minimum Gasteiger partial charge on any atom is -0.197 e. The topological polar surface area (TPSA) is 83.1 Å². The molecule has 6 nitrogen and oxygen atoms in total. The Kier molecular flexibility index (Phi) is 1.56. The summed E-state index contributed by atoms with van der Waals surface area (Å²) in [7, 11) is 0. The van der Waals surface area contributed by atoms with Crippen LogP contribution in [0.5, 0.6) is 0 Å². The van der Waals surface area contributed by atoms with Gasteiger partial charge in [-0.3, -0.25) is 0 Å². The van der Waals surface area contributed by atoms with E-state index >= 15 is 0 Å². The number of nitrogens with zero attached hydrogens (tertiary/aromatic N) is 4. The third kappa shape index (κ3) is 1.37. The Bertz CT molecular complexity index is 267. The highest BCUT2D eigenvalue weighted by Crippen LogP contribution is 2.20. The van der Waals surface area contributed by atoms with E-state index in [0.29, 0.717) is 0 Å². The third-order valence-corrected chi connectivity index (χ3v) is 1.81. The standard InChI is InChI=1S/C4H4N6S/c1-3(7-9-5-1)11-4-2-6-10-8-4/h1-2H,(H,5,7,9)(H,6,8,10). The summed E-state index contributed by atoms with van der Waals surface area (Å²) in [5.74, 6) is 0. The van der Waals surface area contributed by atoms with Crippen molar-refractivity contribution in [3.63, 3.8) is 0 Å². The maximum absolute atomic E-state index is 3.84. The second-order valence-electron chi connectivity index (χ2n) is 1.72. The minimum atomic E-state index is 0.777. The van der Waals surface area contributed by atoms with Gasteiger partial charge in [0, 0.05) is 0 Å². The van der Waals surface area contributed by atoms with E-state index in [1.54, 1.807) is 12.4 Å². The average molecular weight is 168 g/mol. The van der Waals surface area contributed by atoms with Crippen molar-refractivity contribution in [2.24, 2.45) is 0 Å². The Morgan fingerprint density at radius 2 is 1.55 bits per heavy atom. The molecule has 2 rings (SSSR count). The van der Waals surface area contributed by atoms with Crippen molar-refractivity contribution >= 4 is 11.8 Å². The summed E-state index contributed by atoms with van der Waals surface area (Å²) in [6.07, 6.45) is 3.25. The predicted octanol–water partition coefficient (Wildman–Crippen LogP) is 0.0740. The van der Waals surface area contributed by atoms with Gasteiger partial charge in [0.15, 0.2) is 0 Å². The van der Waals surface area contributed by atoms with Crippen LogP contribution in [0.2, 0.25) is 0 Å². The van der Waals surface area contributed by atoms with Crippen molar-refractivity contribution in [2.75, 3.05) is 0 Å². The minimum absolute atomic E-state index is 0.777. The van der Waals surface area contributed by atoms with Crippen LogP contribution in [0.3, 0.4) is 0 Å². The highest BCUT2D eigenvalue weighted by Gasteiger charge is 2.00. The van der Waals surface area contributed by atoms with E-state index in [0.717, 1.165) is 10.1 Å². The third-order valence-electron chi connectivity index (χ3n) is 0.995. The highest BCUT2D eigenvalue weighted by molar-refractivity contribution is 7.99. The SMILES string of the molecule is c1n[nH]nc1Sc1cn[nH]n1. The monoisotopic (exact) mass is 168 g/mol. The molecule has 0 spiro atoms. The predicted molar refractivity (Wildman–Crippen MR) is 36.9 cm³/mol. The Labute approximate surface area is 65.8 Å². The molecule has 0 aromatic carbocycles. The van der Waals surface area contributed by atoms with Gasteiger partial charge in [0.25, 0.3) is 0 Å². The maximum Gasteiger partial charge on any atom is 0.145 e. The molecule has 0 atom stereocenters. The zero-order valence-electron chi connectivity index (χ0n) is 5.35. The van der Waals surface area contributed by atoms with Gasteiger partial charge in [-0.1, -0.05) is 0 Å². The summed E-state index contributed by atoms with van der Waals surface area (Å²) in [6, 6.07) is 0. The molecule has 7 heteroatoms. The second-order valence-corrected chi connectivity index (χ2v) is 2.76. The summed E-state index contributed by atoms with van der Waals surface area (Å²) in [5, 5.41) is 21.5. The summed E-state index contributed by atoms with van der Waals surface area (Å²) >= 11 is 1.39. The molecule has 0 saturated carbocycles. The largest absolute Gasteiger partial charge is 0.197 e. The zero-order chi connectivity index (χ0) is 7.52. The van der Waals surface area contributed by atoms with Crippen LogP contribution < -0.4 is 0 Å². The van der Waals surface area contributed by atoms with Crippen LogP contribution in [0.25, 0.3) is 0 Å². The number of hydrogen-bond acceptors (Lipinski definition) is 5. The number of rotatable bonds is 2. The molecule has 0 aliphatic heterocycles. The van der Waals surface area contributed by atoms with Crippen LogP contribution in [0.4, 0.5) is 0 Å². The first-order valence-corrected chi connectivity index (χ1v) is 3.66. The molecule has 2 heterocycles. The lowest BCUT2D eigenvalue weighted by atomic mass is 10.9. The molecule has 0 aliphatic carbocycles. The molecule has 56 valence electrons. The molecule has 0 saturated heterocycles. The summed E-state index contributed by atoms with van der Waals surface area (Å²) in [4.78, 5) is 0. The van der Waals surface area contributed by atoms with Crippen molar-refractivity contribution in [3.8, 4) is 0 Å². The smallest absolute Gasteiger partial charge is 0.145 e. The van der Waals surface area contributed by atoms with Gasteiger partial charge >= 0.3 is 0 Å². The molecular weight excluding hydrogens is 164 g/mol. The van der Waals surface area contributed by atoms with Crippen molar-refractivity contribution < 1.29 is 0 Å². The molecule has 0 amide bonds. The zero-order valence-corrected chi connectivity index (χ0v) is 6.17. The van der Waals surface area contributed by atoms with Gasteiger partial charge in [0.1, 0.15) is 10.1 Å². The first kappa shape index (κ1) is 6.35. The number of aromatic amines is 2. The van der Waals surface area contributed by atoms with Crippen LogP contribution in [0, 0.1) is 0 Å². The quantitative estimate of drug-likeness (QED) is 0.663. The van der Waals surface area contributed by atoms with Gasteiger partial charge in [-0.15, -0.1) is 10.2 Å². The van der Waals surface area contributed by atoms with E-state index in [4.69, 9.17) is 0 Å². The van der Waals surface area contributed by atoms with Crippen molar-refractivity contribution in [3.05, 3.63) is 12.4 Å². The van der Waals surface area contributed by atoms with Gasteiger partial charge < -0.3 is 0 Å². The Balaban J connectivity index is 2.14. The van der Waals surface area contributed by atoms with E-state index in [-0.39, 0.29) is 0 Å². The van der Waals surface area contributed by atoms with Crippen LogP contribution in [0.15, 0.2) is 22.4 Å². The molecule has 11 heavy (non-hydrogen) atoms. The van der Waals surface area contributed by atoms with E-state index in [2.05, 4.69) is 30.8 Å². The fourth-order valence-electron chi connectivity index (χ4n) is 0.588. The molecule has 2 aromatic heterocycles. The fourth-order valence-corrected chi connectivity index (χ4v) is 1.19. The van der Waals surface area contributed by atoms with E-state index in [1.807, 2.05) is 0 Å². The molecule has 0 fully saturated rings. The average Bonchev–Trinajstić information content (AvgIpc) is 2.60. The summed E-state index contributed by atoms with van der Waals surface area (Å²) in [6.45, 7) is 0. The number of H-pyrrole nitrogens is 2. The molecule has 0 aliphatic rings. The number of aromatic nitrogens is 6. The van der Waals surface area contributed by atoms with Crippen molar-refractivity contribution in [2.45, 2.75) is 10.1 Å². The lowest BCUT2D eigenvalue weighted by Gasteiger charge is -1.84. The maximum atomic E-state index is 3.84. The van der Waals surface area contributed by atoms with E-state index in [9.17, 15) is 0 Å². The van der Waals surface area contributed by atoms with Gasteiger partial charge in [0.05, 0.1) is 12.4 Å². The normalized spacial score (nSPS) is 10.2. The van der Waals surface area contributed by atoms with E-state index in [1.165, 1.54) is 11.8 Å². The number of nitrogens with one attached hydrogen (secondary N) is 2. The Hall–Kier alpha value is -1.37. The highest BCUT2D eigenvalue weighted by atomic mass is 32.2. The first-order valence-electron chi connectivity index (χ1n) is 2.84. The second kappa shape index (κ2) is 2.70. The molecule has 2 N–H and O–H groups in total. The fraction of sp³-hybridized carbons (Fsp3) is 0. The Morgan fingerprint density at radius 1 is 1.00 bits per heavy atom. The summed E-state index contributed by atoms with van der Waals surface area (Å²) in [5.41, 5.74) is 0. The van der Waals surface area contributed by atoms with Crippen LogP contribution in [-0.4, -0.2) is 30.8 Å². The van der Waals surface area contributed by atoms with Crippen LogP contribution in [-0.2, 0) is 0 Å². The molecule has 0 radical (unpaired) electrons. The molecule has 0 bridgehead atoms. The lowest BCUT2D eigenvalue weighted by molar-refractivity contribution is 0.901. The lowest BCUT2D eigenvalue weighted by Crippen LogP contribution is -1.73. The van der Waals surface area contributed by atoms with Crippen LogP contribution in [0.1, 0.15) is 0 Å². The molecular formula is C4H4N6S. The molecule has 2 aromatic rings. The molecule has 0 unspecified atom stereocenters. The summed E-state index contributed by atoms with van der Waals surface area (Å²) < 4.78 is 0. The van der Waals surface area contributed by atoms with Gasteiger partial charge in [0.2, 0.25) is 0 Å². The number of hydrogen-bond donors (Lipinski definition) is 2. The van der Waals surface area contributed by atoms with E-state index < -0.39 is 0 Å². The van der Waals surface area contributed by atoms with Gasteiger partial charge in [-0.2, -0.15) is 20.6 Å².